The Hall–Kier alpha value is -2.31. The summed E-state index contributed by atoms with van der Waals surface area (Å²) in [5, 5.41) is 6.58. The van der Waals surface area contributed by atoms with Crippen LogP contribution in [0, 0.1) is 13.8 Å². The molecule has 3 aromatic rings. The molecule has 0 aliphatic carbocycles. The SMILES string of the molecule is Cc1ccc(C)c2sc(NC(=S)NC(=O)c3ccccc3)nc12. The molecule has 23 heavy (non-hydrogen) atoms. The van der Waals surface area contributed by atoms with E-state index in [1.54, 1.807) is 12.1 Å². The van der Waals surface area contributed by atoms with Crippen molar-refractivity contribution in [3.63, 3.8) is 0 Å². The summed E-state index contributed by atoms with van der Waals surface area (Å²) in [6.45, 7) is 4.08. The van der Waals surface area contributed by atoms with Crippen LogP contribution in [0.15, 0.2) is 42.5 Å². The number of benzene rings is 2. The van der Waals surface area contributed by atoms with Crippen molar-refractivity contribution in [2.45, 2.75) is 13.8 Å². The van der Waals surface area contributed by atoms with Crippen molar-refractivity contribution in [1.82, 2.24) is 10.3 Å². The molecule has 2 N–H and O–H groups in total. The third-order valence-electron chi connectivity index (χ3n) is 3.43. The van der Waals surface area contributed by atoms with Gasteiger partial charge in [-0.2, -0.15) is 0 Å². The second kappa shape index (κ2) is 6.44. The maximum absolute atomic E-state index is 12.1. The summed E-state index contributed by atoms with van der Waals surface area (Å²) >= 11 is 6.73. The Balaban J connectivity index is 1.74. The van der Waals surface area contributed by atoms with Crippen LogP contribution in [0.1, 0.15) is 21.5 Å². The zero-order valence-corrected chi connectivity index (χ0v) is 14.3. The molecule has 0 aliphatic heterocycles. The number of nitrogens with one attached hydrogen (secondary N) is 2. The van der Waals surface area contributed by atoms with Gasteiger partial charge in [0, 0.05) is 5.56 Å². The number of amides is 1. The van der Waals surface area contributed by atoms with Gasteiger partial charge >= 0.3 is 0 Å². The summed E-state index contributed by atoms with van der Waals surface area (Å²) in [7, 11) is 0. The Morgan fingerprint density at radius 3 is 2.48 bits per heavy atom. The maximum atomic E-state index is 12.1. The number of nitrogens with zero attached hydrogens (tertiary/aromatic N) is 1. The number of anilines is 1. The fraction of sp³-hybridized carbons (Fsp3) is 0.118. The molecule has 0 spiro atoms. The number of fused-ring (bicyclic) bond motifs is 1. The largest absolute Gasteiger partial charge is 0.308 e. The Bertz CT molecular complexity index is 848. The van der Waals surface area contributed by atoms with Crippen LogP contribution in [-0.2, 0) is 0 Å². The van der Waals surface area contributed by atoms with Gasteiger partial charge in [-0.1, -0.05) is 41.7 Å². The standard InChI is InChI=1S/C17H15N3OS2/c1-10-8-9-11(2)14-13(10)18-17(23-14)20-16(22)19-15(21)12-6-4-3-5-7-12/h3-9H,1-2H3,(H2,18,19,20,21,22). The van der Waals surface area contributed by atoms with Crippen LogP contribution >= 0.6 is 23.6 Å². The van der Waals surface area contributed by atoms with Gasteiger partial charge in [-0.3, -0.25) is 10.1 Å². The summed E-state index contributed by atoms with van der Waals surface area (Å²) in [5.74, 6) is -0.239. The monoisotopic (exact) mass is 341 g/mol. The molecule has 0 atom stereocenters. The number of hydrogen-bond donors (Lipinski definition) is 2. The van der Waals surface area contributed by atoms with E-state index in [2.05, 4.69) is 34.7 Å². The van der Waals surface area contributed by atoms with Crippen LogP contribution in [0.2, 0.25) is 0 Å². The first-order chi connectivity index (χ1) is 11.0. The van der Waals surface area contributed by atoms with Crippen LogP contribution in [0.3, 0.4) is 0 Å². The van der Waals surface area contributed by atoms with Crippen LogP contribution in [0.4, 0.5) is 5.13 Å². The molecule has 0 unspecified atom stereocenters. The van der Waals surface area contributed by atoms with E-state index in [0.717, 1.165) is 15.8 Å². The van der Waals surface area contributed by atoms with Gasteiger partial charge in [0.15, 0.2) is 10.2 Å². The first-order valence-electron chi connectivity index (χ1n) is 7.09. The third-order valence-corrected chi connectivity index (χ3v) is 4.74. The zero-order chi connectivity index (χ0) is 16.4. The minimum atomic E-state index is -0.239. The van der Waals surface area contributed by atoms with Gasteiger partial charge < -0.3 is 5.32 Å². The molecule has 0 aliphatic rings. The first kappa shape index (κ1) is 15.6. The van der Waals surface area contributed by atoms with Gasteiger partial charge in [0.05, 0.1) is 10.2 Å². The minimum Gasteiger partial charge on any atom is -0.308 e. The molecule has 1 heterocycles. The lowest BCUT2D eigenvalue weighted by Crippen LogP contribution is -2.34. The molecule has 3 rings (SSSR count). The summed E-state index contributed by atoms with van der Waals surface area (Å²) in [4.78, 5) is 16.6. The smallest absolute Gasteiger partial charge is 0.257 e. The van der Waals surface area contributed by atoms with Crippen LogP contribution in [-0.4, -0.2) is 16.0 Å². The summed E-state index contributed by atoms with van der Waals surface area (Å²) in [5.41, 5.74) is 3.83. The van der Waals surface area contributed by atoms with Gasteiger partial charge in [0.1, 0.15) is 0 Å². The second-order valence-corrected chi connectivity index (χ2v) is 6.58. The Morgan fingerprint density at radius 2 is 1.78 bits per heavy atom. The lowest BCUT2D eigenvalue weighted by Gasteiger charge is -2.06. The van der Waals surface area contributed by atoms with Crippen LogP contribution in [0.5, 0.6) is 0 Å². The molecule has 0 radical (unpaired) electrons. The number of aryl methyl sites for hydroxylation is 2. The topological polar surface area (TPSA) is 54.0 Å². The molecule has 0 fully saturated rings. The molecule has 1 aromatic heterocycles. The predicted octanol–water partition coefficient (Wildman–Crippen LogP) is 4.04. The highest BCUT2D eigenvalue weighted by atomic mass is 32.1. The van der Waals surface area contributed by atoms with Crippen molar-refractivity contribution in [2.75, 3.05) is 5.32 Å². The van der Waals surface area contributed by atoms with Crippen molar-refractivity contribution in [3.8, 4) is 0 Å². The van der Waals surface area contributed by atoms with E-state index in [-0.39, 0.29) is 11.0 Å². The molecule has 1 amide bonds. The fourth-order valence-corrected chi connectivity index (χ4v) is 3.48. The van der Waals surface area contributed by atoms with Crippen LogP contribution in [0.25, 0.3) is 10.2 Å². The van der Waals surface area contributed by atoms with E-state index in [1.165, 1.54) is 16.9 Å². The van der Waals surface area contributed by atoms with E-state index in [0.29, 0.717) is 10.7 Å². The molecule has 4 nitrogen and oxygen atoms in total. The van der Waals surface area contributed by atoms with Gasteiger partial charge in [-0.05, 0) is 49.3 Å². The quantitative estimate of drug-likeness (QED) is 0.691. The van der Waals surface area contributed by atoms with Gasteiger partial charge in [0.2, 0.25) is 0 Å². The van der Waals surface area contributed by atoms with Gasteiger partial charge in [0.25, 0.3) is 5.91 Å². The zero-order valence-electron chi connectivity index (χ0n) is 12.7. The van der Waals surface area contributed by atoms with Crippen molar-refractivity contribution in [2.24, 2.45) is 0 Å². The fourth-order valence-electron chi connectivity index (χ4n) is 2.21. The lowest BCUT2D eigenvalue weighted by atomic mass is 10.1. The van der Waals surface area contributed by atoms with E-state index >= 15 is 0 Å². The van der Waals surface area contributed by atoms with Crippen molar-refractivity contribution in [3.05, 3.63) is 59.2 Å². The average Bonchev–Trinajstić information content (AvgIpc) is 2.96. The van der Waals surface area contributed by atoms with Crippen LogP contribution < -0.4 is 10.6 Å². The highest BCUT2D eigenvalue weighted by molar-refractivity contribution is 7.80. The molecule has 6 heteroatoms. The molecule has 0 saturated carbocycles. The number of thiocarbonyl (C=S) groups is 1. The highest BCUT2D eigenvalue weighted by Gasteiger charge is 2.11. The second-order valence-electron chi connectivity index (χ2n) is 5.17. The highest BCUT2D eigenvalue weighted by Crippen LogP contribution is 2.30. The predicted molar refractivity (Wildman–Crippen MR) is 99.2 cm³/mol. The molecule has 116 valence electrons. The van der Waals surface area contributed by atoms with Crippen molar-refractivity contribution < 1.29 is 4.79 Å². The number of rotatable bonds is 2. The van der Waals surface area contributed by atoms with Crippen molar-refractivity contribution >= 4 is 49.9 Å². The average molecular weight is 341 g/mol. The summed E-state index contributed by atoms with van der Waals surface area (Å²) in [6.07, 6.45) is 0. The molecule has 0 saturated heterocycles. The number of hydrogen-bond acceptors (Lipinski definition) is 4. The number of carbonyl (C=O) groups excluding carboxylic acids is 1. The first-order valence-corrected chi connectivity index (χ1v) is 8.31. The molecule has 0 bridgehead atoms. The number of thiazole rings is 1. The Labute approximate surface area is 143 Å². The van der Waals surface area contributed by atoms with E-state index in [1.807, 2.05) is 25.1 Å². The maximum Gasteiger partial charge on any atom is 0.257 e. The summed E-state index contributed by atoms with van der Waals surface area (Å²) in [6, 6.07) is 13.1. The summed E-state index contributed by atoms with van der Waals surface area (Å²) < 4.78 is 1.13. The van der Waals surface area contributed by atoms with E-state index in [9.17, 15) is 4.79 Å². The molecule has 2 aromatic carbocycles. The third kappa shape index (κ3) is 3.38. The normalized spacial score (nSPS) is 10.5. The lowest BCUT2D eigenvalue weighted by molar-refractivity contribution is 0.0978. The minimum absolute atomic E-state index is 0.239. The van der Waals surface area contributed by atoms with Crippen molar-refractivity contribution in [1.29, 1.82) is 0 Å². The number of aromatic nitrogens is 1. The Kier molecular flexibility index (Phi) is 4.36. The number of carbonyl (C=O) groups is 1. The van der Waals surface area contributed by atoms with Gasteiger partial charge in [-0.25, -0.2) is 4.98 Å². The van der Waals surface area contributed by atoms with E-state index < -0.39 is 0 Å². The van der Waals surface area contributed by atoms with Gasteiger partial charge in [-0.15, -0.1) is 0 Å². The molecular formula is C17H15N3OS2. The van der Waals surface area contributed by atoms with E-state index in [4.69, 9.17) is 12.2 Å². The Morgan fingerprint density at radius 1 is 1.09 bits per heavy atom. The molecular weight excluding hydrogens is 326 g/mol.